The smallest absolute Gasteiger partial charge is 0.403 e. The van der Waals surface area contributed by atoms with E-state index in [1.807, 2.05) is 40.0 Å². The number of aryl methyl sites for hydroxylation is 2. The zero-order chi connectivity index (χ0) is 12.9. The maximum atomic E-state index is 5.83. The van der Waals surface area contributed by atoms with Crippen molar-refractivity contribution in [2.75, 3.05) is 6.61 Å². The lowest BCUT2D eigenvalue weighted by atomic mass is 9.84. The standard InChI is InChI=1S/C12H16BN3O2/c1-8-5-10(13-17-7-12(3,4)18-13)15-16-6-9(2)14-11(8)16/h5-6H,7H2,1-4H3. The number of fused-ring (bicyclic) bond motifs is 1. The van der Waals surface area contributed by atoms with Gasteiger partial charge in [0.05, 0.1) is 29.7 Å². The van der Waals surface area contributed by atoms with E-state index in [1.54, 1.807) is 4.52 Å². The number of imidazole rings is 1. The zero-order valence-corrected chi connectivity index (χ0v) is 11.1. The molecule has 1 aliphatic rings. The van der Waals surface area contributed by atoms with E-state index in [1.165, 1.54) is 0 Å². The van der Waals surface area contributed by atoms with Gasteiger partial charge in [-0.2, -0.15) is 5.10 Å². The molecule has 2 aromatic heterocycles. The molecule has 0 bridgehead atoms. The third-order valence-electron chi connectivity index (χ3n) is 3.00. The van der Waals surface area contributed by atoms with E-state index < -0.39 is 0 Å². The highest BCUT2D eigenvalue weighted by Crippen LogP contribution is 2.19. The highest BCUT2D eigenvalue weighted by Gasteiger charge is 2.39. The first-order chi connectivity index (χ1) is 8.44. The van der Waals surface area contributed by atoms with Crippen LogP contribution < -0.4 is 5.59 Å². The lowest BCUT2D eigenvalue weighted by Gasteiger charge is -2.15. The second-order valence-corrected chi connectivity index (χ2v) is 5.42. The van der Waals surface area contributed by atoms with E-state index in [0.29, 0.717) is 6.61 Å². The van der Waals surface area contributed by atoms with Crippen molar-refractivity contribution in [2.24, 2.45) is 0 Å². The molecule has 0 aliphatic carbocycles. The fraction of sp³-hybridized carbons (Fsp3) is 0.500. The Morgan fingerprint density at radius 3 is 2.83 bits per heavy atom. The largest absolute Gasteiger partial charge is 0.516 e. The molecule has 3 heterocycles. The summed E-state index contributed by atoms with van der Waals surface area (Å²) >= 11 is 0. The molecule has 5 nitrogen and oxygen atoms in total. The Morgan fingerprint density at radius 1 is 1.39 bits per heavy atom. The molecule has 0 aromatic carbocycles. The molecule has 0 saturated carbocycles. The minimum Gasteiger partial charge on any atom is -0.403 e. The van der Waals surface area contributed by atoms with Gasteiger partial charge < -0.3 is 9.31 Å². The second kappa shape index (κ2) is 3.80. The summed E-state index contributed by atoms with van der Waals surface area (Å²) in [6.07, 6.45) is 1.91. The van der Waals surface area contributed by atoms with E-state index in [2.05, 4.69) is 10.1 Å². The van der Waals surface area contributed by atoms with Crippen molar-refractivity contribution in [1.82, 2.24) is 14.6 Å². The molecule has 0 spiro atoms. The second-order valence-electron chi connectivity index (χ2n) is 5.42. The Labute approximate surface area is 106 Å². The highest BCUT2D eigenvalue weighted by atomic mass is 16.7. The maximum Gasteiger partial charge on any atom is 0.516 e. The summed E-state index contributed by atoms with van der Waals surface area (Å²) < 4.78 is 13.3. The molecule has 6 heteroatoms. The van der Waals surface area contributed by atoms with Crippen LogP contribution in [-0.4, -0.2) is 33.9 Å². The van der Waals surface area contributed by atoms with Crippen LogP contribution in [0.3, 0.4) is 0 Å². The lowest BCUT2D eigenvalue weighted by Crippen LogP contribution is -2.38. The van der Waals surface area contributed by atoms with Crippen LogP contribution in [0, 0.1) is 13.8 Å². The van der Waals surface area contributed by atoms with Crippen molar-refractivity contribution in [3.8, 4) is 0 Å². The minimum atomic E-state index is -0.384. The Bertz CT molecular complexity index is 609. The van der Waals surface area contributed by atoms with Crippen LogP contribution in [0.2, 0.25) is 0 Å². The third kappa shape index (κ3) is 1.91. The molecule has 0 atom stereocenters. The molecule has 0 radical (unpaired) electrons. The first-order valence-corrected chi connectivity index (χ1v) is 6.08. The van der Waals surface area contributed by atoms with Crippen LogP contribution in [0.25, 0.3) is 5.65 Å². The maximum absolute atomic E-state index is 5.83. The molecule has 2 aromatic rings. The molecule has 0 amide bonds. The molecule has 94 valence electrons. The van der Waals surface area contributed by atoms with Gasteiger partial charge in [-0.1, -0.05) is 0 Å². The van der Waals surface area contributed by atoms with Crippen LogP contribution in [0.5, 0.6) is 0 Å². The van der Waals surface area contributed by atoms with E-state index in [-0.39, 0.29) is 12.7 Å². The van der Waals surface area contributed by atoms with Gasteiger partial charge in [0.1, 0.15) is 0 Å². The topological polar surface area (TPSA) is 48.7 Å². The normalized spacial score (nSPS) is 18.8. The van der Waals surface area contributed by atoms with Crippen molar-refractivity contribution in [3.05, 3.63) is 23.5 Å². The summed E-state index contributed by atoms with van der Waals surface area (Å²) in [4.78, 5) is 4.43. The molecule has 1 saturated heterocycles. The van der Waals surface area contributed by atoms with Crippen LogP contribution in [-0.2, 0) is 9.31 Å². The number of aromatic nitrogens is 3. The van der Waals surface area contributed by atoms with Gasteiger partial charge in [-0.15, -0.1) is 0 Å². The Hall–Kier alpha value is -1.40. The van der Waals surface area contributed by atoms with Gasteiger partial charge in [0.15, 0.2) is 5.65 Å². The SMILES string of the molecule is Cc1cn2nc(B3OCC(C)(C)O3)cc(C)c2n1. The van der Waals surface area contributed by atoms with Crippen molar-refractivity contribution in [1.29, 1.82) is 0 Å². The van der Waals surface area contributed by atoms with Crippen molar-refractivity contribution >= 4 is 18.4 Å². The van der Waals surface area contributed by atoms with Gasteiger partial charge in [0, 0.05) is 0 Å². The van der Waals surface area contributed by atoms with Gasteiger partial charge in [0.2, 0.25) is 0 Å². The van der Waals surface area contributed by atoms with Crippen LogP contribution in [0.15, 0.2) is 12.3 Å². The van der Waals surface area contributed by atoms with Crippen molar-refractivity contribution in [3.63, 3.8) is 0 Å². The van der Waals surface area contributed by atoms with Crippen molar-refractivity contribution in [2.45, 2.75) is 33.3 Å². The minimum absolute atomic E-state index is 0.250. The number of hydrogen-bond donors (Lipinski definition) is 0. The fourth-order valence-electron chi connectivity index (χ4n) is 2.17. The molecule has 0 unspecified atom stereocenters. The molecular weight excluding hydrogens is 229 g/mol. The molecule has 1 fully saturated rings. The van der Waals surface area contributed by atoms with Crippen LogP contribution in [0.1, 0.15) is 25.1 Å². The first-order valence-electron chi connectivity index (χ1n) is 6.08. The molecule has 0 N–H and O–H groups in total. The van der Waals surface area contributed by atoms with Crippen molar-refractivity contribution < 1.29 is 9.31 Å². The van der Waals surface area contributed by atoms with Crippen LogP contribution in [0.4, 0.5) is 0 Å². The molecule has 18 heavy (non-hydrogen) atoms. The average molecular weight is 245 g/mol. The number of nitrogens with zero attached hydrogens (tertiary/aromatic N) is 3. The quantitative estimate of drug-likeness (QED) is 0.699. The molecule has 1 aliphatic heterocycles. The monoisotopic (exact) mass is 245 g/mol. The van der Waals surface area contributed by atoms with Gasteiger partial charge in [-0.25, -0.2) is 9.50 Å². The Balaban J connectivity index is 2.03. The Morgan fingerprint density at radius 2 is 2.17 bits per heavy atom. The Kier molecular flexibility index (Phi) is 2.46. The molecular formula is C12H16BN3O2. The number of rotatable bonds is 1. The van der Waals surface area contributed by atoms with E-state index in [0.717, 1.165) is 22.5 Å². The van der Waals surface area contributed by atoms with E-state index in [9.17, 15) is 0 Å². The third-order valence-corrected chi connectivity index (χ3v) is 3.00. The lowest BCUT2D eigenvalue weighted by molar-refractivity contribution is 0.137. The van der Waals surface area contributed by atoms with E-state index >= 15 is 0 Å². The summed E-state index contributed by atoms with van der Waals surface area (Å²) in [6.45, 7) is 8.59. The first kappa shape index (κ1) is 11.7. The predicted octanol–water partition coefficient (Wildman–Crippen LogP) is 0.867. The van der Waals surface area contributed by atoms with E-state index in [4.69, 9.17) is 9.31 Å². The average Bonchev–Trinajstić information content (AvgIpc) is 2.80. The summed E-state index contributed by atoms with van der Waals surface area (Å²) in [5.74, 6) is 0. The molecule has 3 rings (SSSR count). The summed E-state index contributed by atoms with van der Waals surface area (Å²) in [6, 6.07) is 1.98. The fourth-order valence-corrected chi connectivity index (χ4v) is 2.17. The van der Waals surface area contributed by atoms with Gasteiger partial charge in [0.25, 0.3) is 0 Å². The summed E-state index contributed by atoms with van der Waals surface area (Å²) in [5, 5.41) is 4.51. The van der Waals surface area contributed by atoms with Gasteiger partial charge in [-0.05, 0) is 39.3 Å². The number of hydrogen-bond acceptors (Lipinski definition) is 4. The zero-order valence-electron chi connectivity index (χ0n) is 11.1. The summed E-state index contributed by atoms with van der Waals surface area (Å²) in [5.41, 5.74) is 3.46. The van der Waals surface area contributed by atoms with Gasteiger partial charge >= 0.3 is 7.12 Å². The summed E-state index contributed by atoms with van der Waals surface area (Å²) in [7, 11) is -0.384. The highest BCUT2D eigenvalue weighted by molar-refractivity contribution is 6.60. The van der Waals surface area contributed by atoms with Gasteiger partial charge in [-0.3, -0.25) is 0 Å². The van der Waals surface area contributed by atoms with Crippen LogP contribution >= 0.6 is 0 Å². The predicted molar refractivity (Wildman–Crippen MR) is 69.0 cm³/mol.